The van der Waals surface area contributed by atoms with E-state index in [9.17, 15) is 17.6 Å². The van der Waals surface area contributed by atoms with E-state index < -0.39 is 21.0 Å². The van der Waals surface area contributed by atoms with Crippen molar-refractivity contribution in [3.05, 3.63) is 47.0 Å². The fraction of sp³-hybridized carbons (Fsp3) is 0.458. The Morgan fingerprint density at radius 3 is 2.65 bits per heavy atom. The number of nitrogens with zero attached hydrogens (tertiary/aromatic N) is 3. The second kappa shape index (κ2) is 9.41. The number of sulfone groups is 1. The van der Waals surface area contributed by atoms with E-state index >= 15 is 0 Å². The molecule has 0 spiro atoms. The third-order valence-electron chi connectivity index (χ3n) is 6.53. The van der Waals surface area contributed by atoms with Crippen molar-refractivity contribution in [2.75, 3.05) is 31.3 Å². The highest BCUT2D eigenvalue weighted by Gasteiger charge is 2.40. The quantitative estimate of drug-likeness (QED) is 0.474. The van der Waals surface area contributed by atoms with Crippen molar-refractivity contribution in [3.8, 4) is 17.4 Å². The van der Waals surface area contributed by atoms with Crippen molar-refractivity contribution in [3.63, 3.8) is 0 Å². The van der Waals surface area contributed by atoms with Gasteiger partial charge in [0.15, 0.2) is 11.4 Å². The zero-order valence-electron chi connectivity index (χ0n) is 20.3. The third kappa shape index (κ3) is 5.65. The number of hydrogen-bond acceptors (Lipinski definition) is 8. The van der Waals surface area contributed by atoms with Crippen molar-refractivity contribution in [1.82, 2.24) is 19.7 Å². The van der Waals surface area contributed by atoms with Gasteiger partial charge in [-0.1, -0.05) is 11.6 Å². The number of aromatic nitrogens is 3. The topological polar surface area (TPSA) is 121 Å². The summed E-state index contributed by atoms with van der Waals surface area (Å²) in [4.78, 5) is 21.5. The summed E-state index contributed by atoms with van der Waals surface area (Å²) in [6.07, 6.45) is 5.31. The summed E-state index contributed by atoms with van der Waals surface area (Å²) in [5.41, 5.74) is -0.757. The van der Waals surface area contributed by atoms with Crippen LogP contribution in [0.3, 0.4) is 0 Å². The first-order chi connectivity index (χ1) is 17.4. The number of alkyl halides is 1. The first-order valence-corrected chi connectivity index (χ1v) is 13.9. The van der Waals surface area contributed by atoms with Crippen LogP contribution in [0, 0.1) is 6.92 Å². The largest absolute Gasteiger partial charge is 0.484 e. The molecule has 3 aromatic heterocycles. The van der Waals surface area contributed by atoms with Gasteiger partial charge in [0.05, 0.1) is 35.9 Å². The van der Waals surface area contributed by atoms with Gasteiger partial charge in [-0.15, -0.1) is 0 Å². The van der Waals surface area contributed by atoms with Gasteiger partial charge in [-0.3, -0.25) is 4.79 Å². The number of carbonyl (C=O) groups is 1. The summed E-state index contributed by atoms with van der Waals surface area (Å²) in [5, 5.41) is 3.25. The lowest BCUT2D eigenvalue weighted by atomic mass is 9.95. The van der Waals surface area contributed by atoms with Gasteiger partial charge in [-0.2, -0.15) is 0 Å². The maximum Gasteiger partial charge on any atom is 0.271 e. The standard InChI is InChI=1S/C24H26ClFN4O6S/c1-15-7-20-28-17(21(31)29-23(2)3-5-37(32,33)6-4-23)10-30(20)11-19(15)36-22-18(8-16(25)9-27-22)35-14-24(26)12-34-13-24/h7-11H,3-6,12-14H2,1-2H3,(H,29,31). The number of pyridine rings is 2. The molecular weight excluding hydrogens is 527 g/mol. The molecule has 0 unspecified atom stereocenters. The van der Waals surface area contributed by atoms with Gasteiger partial charge in [0.2, 0.25) is 0 Å². The van der Waals surface area contributed by atoms with Crippen molar-refractivity contribution in [1.29, 1.82) is 0 Å². The number of halogens is 2. The summed E-state index contributed by atoms with van der Waals surface area (Å²) >= 11 is 6.06. The Labute approximate surface area is 218 Å². The third-order valence-corrected chi connectivity index (χ3v) is 8.39. The second-order valence-electron chi connectivity index (χ2n) is 9.87. The van der Waals surface area contributed by atoms with E-state index in [1.165, 1.54) is 12.3 Å². The molecule has 2 fully saturated rings. The van der Waals surface area contributed by atoms with Crippen LogP contribution in [-0.4, -0.2) is 71.2 Å². The minimum Gasteiger partial charge on any atom is -0.484 e. The van der Waals surface area contributed by atoms with E-state index in [4.69, 9.17) is 25.8 Å². The lowest BCUT2D eigenvalue weighted by molar-refractivity contribution is -0.146. The Morgan fingerprint density at radius 2 is 1.97 bits per heavy atom. The van der Waals surface area contributed by atoms with E-state index in [0.717, 1.165) is 0 Å². The summed E-state index contributed by atoms with van der Waals surface area (Å²) < 4.78 is 56.0. The van der Waals surface area contributed by atoms with Crippen LogP contribution in [0.25, 0.3) is 5.65 Å². The molecule has 1 amide bonds. The lowest BCUT2D eigenvalue weighted by Gasteiger charge is -2.34. The molecule has 2 aliphatic heterocycles. The molecule has 10 nitrogen and oxygen atoms in total. The van der Waals surface area contributed by atoms with Crippen molar-refractivity contribution in [2.24, 2.45) is 0 Å². The van der Waals surface area contributed by atoms with E-state index in [0.29, 0.717) is 34.8 Å². The Kier molecular flexibility index (Phi) is 6.53. The average molecular weight is 553 g/mol. The number of fused-ring (bicyclic) bond motifs is 1. The predicted octanol–water partition coefficient (Wildman–Crippen LogP) is 3.30. The SMILES string of the molecule is Cc1cc2nc(C(=O)NC3(C)CCS(=O)(=O)CC3)cn2cc1Oc1ncc(Cl)cc1OCC1(F)COC1. The highest BCUT2D eigenvalue weighted by molar-refractivity contribution is 7.91. The minimum absolute atomic E-state index is 0.0399. The van der Waals surface area contributed by atoms with Crippen LogP contribution in [0.15, 0.2) is 30.7 Å². The van der Waals surface area contributed by atoms with Crippen LogP contribution in [0.4, 0.5) is 4.39 Å². The molecule has 0 aromatic carbocycles. The van der Waals surface area contributed by atoms with Crippen LogP contribution < -0.4 is 14.8 Å². The first kappa shape index (κ1) is 25.7. The van der Waals surface area contributed by atoms with E-state index in [1.54, 1.807) is 22.9 Å². The molecule has 0 saturated carbocycles. The van der Waals surface area contributed by atoms with Crippen molar-refractivity contribution >= 4 is 33.0 Å². The van der Waals surface area contributed by atoms with Gasteiger partial charge < -0.3 is 23.9 Å². The average Bonchev–Trinajstić information content (AvgIpc) is 3.23. The predicted molar refractivity (Wildman–Crippen MR) is 133 cm³/mol. The van der Waals surface area contributed by atoms with E-state index in [2.05, 4.69) is 15.3 Å². The number of nitrogens with one attached hydrogen (secondary N) is 1. The Bertz CT molecular complexity index is 1460. The van der Waals surface area contributed by atoms with Crippen molar-refractivity contribution < 1.29 is 31.8 Å². The van der Waals surface area contributed by atoms with Crippen LogP contribution in [-0.2, 0) is 14.6 Å². The van der Waals surface area contributed by atoms with Gasteiger partial charge in [-0.25, -0.2) is 22.8 Å². The fourth-order valence-electron chi connectivity index (χ4n) is 4.09. The zero-order chi connectivity index (χ0) is 26.4. The molecular formula is C24H26ClFN4O6S. The highest BCUT2D eigenvalue weighted by Crippen LogP contribution is 2.35. The zero-order valence-corrected chi connectivity index (χ0v) is 21.9. The highest BCUT2D eigenvalue weighted by atomic mass is 35.5. The van der Waals surface area contributed by atoms with Crippen LogP contribution >= 0.6 is 11.6 Å². The molecule has 2 aliphatic rings. The van der Waals surface area contributed by atoms with Gasteiger partial charge >= 0.3 is 0 Å². The van der Waals surface area contributed by atoms with Gasteiger partial charge in [0, 0.05) is 24.0 Å². The Hall–Kier alpha value is -2.96. The van der Waals surface area contributed by atoms with Crippen LogP contribution in [0.1, 0.15) is 35.8 Å². The molecule has 0 atom stereocenters. The number of imidazole rings is 1. The second-order valence-corrected chi connectivity index (χ2v) is 12.6. The first-order valence-electron chi connectivity index (χ1n) is 11.7. The Balaban J connectivity index is 1.34. The molecule has 13 heteroatoms. The van der Waals surface area contributed by atoms with Gasteiger partial charge in [-0.05, 0) is 38.3 Å². The molecule has 1 N–H and O–H groups in total. The molecule has 198 valence electrons. The maximum absolute atomic E-state index is 14.3. The molecule has 5 rings (SSSR count). The summed E-state index contributed by atoms with van der Waals surface area (Å²) in [7, 11) is -3.06. The number of aryl methyl sites for hydroxylation is 1. The smallest absolute Gasteiger partial charge is 0.271 e. The summed E-state index contributed by atoms with van der Waals surface area (Å²) in [6, 6.07) is 3.25. The molecule has 37 heavy (non-hydrogen) atoms. The molecule has 0 bridgehead atoms. The van der Waals surface area contributed by atoms with Crippen LogP contribution in [0.2, 0.25) is 5.02 Å². The summed E-state index contributed by atoms with van der Waals surface area (Å²) in [6.45, 7) is 3.34. The maximum atomic E-state index is 14.3. The van der Waals surface area contributed by atoms with E-state index in [1.807, 2.05) is 13.8 Å². The lowest BCUT2D eigenvalue weighted by Crippen LogP contribution is -2.51. The number of amides is 1. The molecule has 3 aromatic rings. The molecule has 2 saturated heterocycles. The Morgan fingerprint density at radius 1 is 1.24 bits per heavy atom. The molecule has 0 radical (unpaired) electrons. The number of rotatable bonds is 7. The minimum atomic E-state index is -3.06. The van der Waals surface area contributed by atoms with Crippen molar-refractivity contribution in [2.45, 2.75) is 37.9 Å². The fourth-order valence-corrected chi connectivity index (χ4v) is 5.96. The van der Waals surface area contributed by atoms with E-state index in [-0.39, 0.29) is 54.6 Å². The number of ether oxygens (including phenoxy) is 3. The molecule has 0 aliphatic carbocycles. The van der Waals surface area contributed by atoms with Gasteiger partial charge in [0.1, 0.15) is 33.5 Å². The number of hydrogen-bond donors (Lipinski definition) is 1. The monoisotopic (exact) mass is 552 g/mol. The van der Waals surface area contributed by atoms with Crippen LogP contribution in [0.5, 0.6) is 17.4 Å². The van der Waals surface area contributed by atoms with Gasteiger partial charge in [0.25, 0.3) is 11.8 Å². The molecule has 5 heterocycles. The summed E-state index contributed by atoms with van der Waals surface area (Å²) in [5.74, 6) is 0.403. The normalized spacial score (nSPS) is 19.7. The number of carbonyl (C=O) groups excluding carboxylic acids is 1.